The normalized spacial score (nSPS) is 10.8. The Morgan fingerprint density at radius 3 is 2.50 bits per heavy atom. The summed E-state index contributed by atoms with van der Waals surface area (Å²) in [6, 6.07) is 8.42. The molecule has 0 heterocycles. The second-order valence-electron chi connectivity index (χ2n) is 4.17. The Labute approximate surface area is 120 Å². The molecule has 1 nitrogen and oxygen atoms in total. The Bertz CT molecular complexity index is 602. The first kappa shape index (κ1) is 14.9. The van der Waals surface area contributed by atoms with E-state index in [-0.39, 0.29) is 5.82 Å². The van der Waals surface area contributed by atoms with Crippen LogP contribution in [-0.2, 0) is 6.54 Å². The van der Waals surface area contributed by atoms with Gasteiger partial charge < -0.3 is 5.32 Å². The van der Waals surface area contributed by atoms with Crippen molar-refractivity contribution in [1.29, 1.82) is 0 Å². The highest BCUT2D eigenvalue weighted by Gasteiger charge is 2.10. The average molecular weight is 297 g/mol. The average Bonchev–Trinajstić information content (AvgIpc) is 2.42. The van der Waals surface area contributed by atoms with E-state index in [4.69, 9.17) is 0 Å². The highest BCUT2D eigenvalue weighted by atomic mass is 32.2. The fourth-order valence-corrected chi connectivity index (χ4v) is 2.72. The van der Waals surface area contributed by atoms with Crippen molar-refractivity contribution in [3.63, 3.8) is 0 Å². The zero-order chi connectivity index (χ0) is 14.5. The van der Waals surface area contributed by atoms with Crippen LogP contribution in [0.2, 0.25) is 0 Å². The molecule has 0 saturated carbocycles. The zero-order valence-corrected chi connectivity index (χ0v) is 11.7. The van der Waals surface area contributed by atoms with Crippen molar-refractivity contribution >= 4 is 11.8 Å². The van der Waals surface area contributed by atoms with Gasteiger partial charge in [0, 0.05) is 21.9 Å². The van der Waals surface area contributed by atoms with Crippen molar-refractivity contribution in [1.82, 2.24) is 5.32 Å². The lowest BCUT2D eigenvalue weighted by molar-refractivity contribution is 0.506. The minimum absolute atomic E-state index is 0.307. The highest BCUT2D eigenvalue weighted by molar-refractivity contribution is 7.99. The van der Waals surface area contributed by atoms with Gasteiger partial charge in [-0.1, -0.05) is 24.8 Å². The second-order valence-corrected chi connectivity index (χ2v) is 5.29. The highest BCUT2D eigenvalue weighted by Crippen LogP contribution is 2.32. The van der Waals surface area contributed by atoms with E-state index in [1.54, 1.807) is 12.1 Å². The van der Waals surface area contributed by atoms with E-state index in [9.17, 15) is 13.2 Å². The minimum atomic E-state index is -0.903. The number of hydrogen-bond acceptors (Lipinski definition) is 2. The number of hydrogen-bond donors (Lipinski definition) is 1. The van der Waals surface area contributed by atoms with E-state index in [1.807, 2.05) is 6.92 Å². The van der Waals surface area contributed by atoms with Crippen molar-refractivity contribution in [2.45, 2.75) is 23.3 Å². The second kappa shape index (κ2) is 6.81. The van der Waals surface area contributed by atoms with E-state index < -0.39 is 11.6 Å². The maximum atomic E-state index is 13.8. The van der Waals surface area contributed by atoms with Crippen LogP contribution in [0.1, 0.15) is 12.5 Å². The zero-order valence-electron chi connectivity index (χ0n) is 10.9. The van der Waals surface area contributed by atoms with Crippen molar-refractivity contribution in [2.24, 2.45) is 0 Å². The van der Waals surface area contributed by atoms with Gasteiger partial charge in [0.2, 0.25) is 0 Å². The Kier molecular flexibility index (Phi) is 5.09. The van der Waals surface area contributed by atoms with Crippen molar-refractivity contribution in [2.75, 3.05) is 6.54 Å². The number of rotatable bonds is 5. The first-order valence-electron chi connectivity index (χ1n) is 6.23. The van der Waals surface area contributed by atoms with Gasteiger partial charge in [0.05, 0.1) is 0 Å². The van der Waals surface area contributed by atoms with Gasteiger partial charge in [0.1, 0.15) is 5.82 Å². The van der Waals surface area contributed by atoms with E-state index in [1.165, 1.54) is 23.9 Å². The van der Waals surface area contributed by atoms with Crippen LogP contribution in [0.3, 0.4) is 0 Å². The molecule has 0 aliphatic heterocycles. The molecule has 0 fully saturated rings. The predicted molar refractivity (Wildman–Crippen MR) is 74.3 cm³/mol. The third kappa shape index (κ3) is 3.55. The molecule has 2 aromatic carbocycles. The van der Waals surface area contributed by atoms with Gasteiger partial charge in [0.15, 0.2) is 11.6 Å². The molecule has 0 radical (unpaired) electrons. The van der Waals surface area contributed by atoms with Crippen LogP contribution in [0.25, 0.3) is 0 Å². The summed E-state index contributed by atoms with van der Waals surface area (Å²) in [5.41, 5.74) is 0.532. The molecule has 0 amide bonds. The largest absolute Gasteiger partial charge is 0.313 e. The molecule has 0 aliphatic rings. The lowest BCUT2D eigenvalue weighted by Gasteiger charge is -2.11. The Morgan fingerprint density at radius 2 is 1.80 bits per heavy atom. The van der Waals surface area contributed by atoms with Gasteiger partial charge in [-0.3, -0.25) is 0 Å². The van der Waals surface area contributed by atoms with Gasteiger partial charge in [-0.05, 0) is 36.9 Å². The number of benzene rings is 2. The molecule has 5 heteroatoms. The molecule has 106 valence electrons. The summed E-state index contributed by atoms with van der Waals surface area (Å²) in [7, 11) is 0. The van der Waals surface area contributed by atoms with Gasteiger partial charge in [-0.25, -0.2) is 13.2 Å². The Hall–Kier alpha value is -1.46. The monoisotopic (exact) mass is 297 g/mol. The van der Waals surface area contributed by atoms with Crippen LogP contribution in [0.5, 0.6) is 0 Å². The van der Waals surface area contributed by atoms with Crippen LogP contribution in [0, 0.1) is 17.5 Å². The maximum Gasteiger partial charge on any atom is 0.159 e. The summed E-state index contributed by atoms with van der Waals surface area (Å²) < 4.78 is 39.9. The van der Waals surface area contributed by atoms with Crippen LogP contribution >= 0.6 is 11.8 Å². The van der Waals surface area contributed by atoms with E-state index in [0.717, 1.165) is 18.7 Å². The van der Waals surface area contributed by atoms with Crippen molar-refractivity contribution < 1.29 is 13.2 Å². The standard InChI is InChI=1S/C15H14F3NS/c1-2-19-9-11-12(16)4-3-5-15(11)20-10-6-7-13(17)14(18)8-10/h3-8,19H,2,9H2,1H3. The van der Waals surface area contributed by atoms with E-state index in [2.05, 4.69) is 5.32 Å². The lowest BCUT2D eigenvalue weighted by Crippen LogP contribution is -2.13. The smallest absolute Gasteiger partial charge is 0.159 e. The summed E-state index contributed by atoms with van der Waals surface area (Å²) in [4.78, 5) is 1.23. The molecular formula is C15H14F3NS. The molecule has 0 atom stereocenters. The summed E-state index contributed by atoms with van der Waals surface area (Å²) in [5.74, 6) is -2.10. The third-order valence-electron chi connectivity index (χ3n) is 2.75. The topological polar surface area (TPSA) is 12.0 Å². The number of halogens is 3. The fraction of sp³-hybridized carbons (Fsp3) is 0.200. The lowest BCUT2D eigenvalue weighted by atomic mass is 10.2. The van der Waals surface area contributed by atoms with Crippen LogP contribution in [0.15, 0.2) is 46.2 Å². The van der Waals surface area contributed by atoms with E-state index in [0.29, 0.717) is 21.9 Å². The van der Waals surface area contributed by atoms with Gasteiger partial charge in [-0.15, -0.1) is 0 Å². The minimum Gasteiger partial charge on any atom is -0.313 e. The molecule has 0 aliphatic carbocycles. The molecule has 0 spiro atoms. The Balaban J connectivity index is 2.28. The Morgan fingerprint density at radius 1 is 1.00 bits per heavy atom. The van der Waals surface area contributed by atoms with E-state index >= 15 is 0 Å². The quantitative estimate of drug-likeness (QED) is 0.880. The first-order chi connectivity index (χ1) is 9.61. The fourth-order valence-electron chi connectivity index (χ4n) is 1.72. The van der Waals surface area contributed by atoms with Crippen LogP contribution < -0.4 is 5.32 Å². The summed E-state index contributed by atoms with van der Waals surface area (Å²) in [5, 5.41) is 3.06. The third-order valence-corrected chi connectivity index (χ3v) is 3.84. The molecule has 0 saturated heterocycles. The van der Waals surface area contributed by atoms with Crippen molar-refractivity contribution in [3.05, 3.63) is 59.4 Å². The van der Waals surface area contributed by atoms with Crippen LogP contribution in [-0.4, -0.2) is 6.54 Å². The first-order valence-corrected chi connectivity index (χ1v) is 7.04. The van der Waals surface area contributed by atoms with Crippen LogP contribution in [0.4, 0.5) is 13.2 Å². The number of nitrogens with one attached hydrogen (secondary N) is 1. The molecule has 0 unspecified atom stereocenters. The molecule has 1 N–H and O–H groups in total. The molecular weight excluding hydrogens is 283 g/mol. The SMILES string of the molecule is CCNCc1c(F)cccc1Sc1ccc(F)c(F)c1. The summed E-state index contributed by atoms with van der Waals surface area (Å²) >= 11 is 1.22. The maximum absolute atomic E-state index is 13.8. The van der Waals surface area contributed by atoms with Gasteiger partial charge >= 0.3 is 0 Å². The molecule has 2 aromatic rings. The summed E-state index contributed by atoms with van der Waals surface area (Å²) in [6.45, 7) is 3.06. The molecule has 20 heavy (non-hydrogen) atoms. The molecule has 0 bridgehead atoms. The molecule has 0 aromatic heterocycles. The van der Waals surface area contributed by atoms with Gasteiger partial charge in [0.25, 0.3) is 0 Å². The van der Waals surface area contributed by atoms with Crippen molar-refractivity contribution in [3.8, 4) is 0 Å². The summed E-state index contributed by atoms with van der Waals surface area (Å²) in [6.07, 6.45) is 0. The van der Waals surface area contributed by atoms with Gasteiger partial charge in [-0.2, -0.15) is 0 Å². The predicted octanol–water partition coefficient (Wildman–Crippen LogP) is 4.36. The molecule has 2 rings (SSSR count).